The van der Waals surface area contributed by atoms with Crippen LogP contribution in [0.5, 0.6) is 0 Å². The summed E-state index contributed by atoms with van der Waals surface area (Å²) in [7, 11) is 0. The molecular formula is C23H30N4O5. The molecule has 9 heteroatoms. The second kappa shape index (κ2) is 10.4. The Labute approximate surface area is 186 Å². The zero-order valence-electron chi connectivity index (χ0n) is 18.8. The minimum atomic E-state index is -1.17. The van der Waals surface area contributed by atoms with Gasteiger partial charge < -0.3 is 10.1 Å². The first kappa shape index (κ1) is 23.4. The van der Waals surface area contributed by atoms with Crippen molar-refractivity contribution in [3.63, 3.8) is 0 Å². The van der Waals surface area contributed by atoms with Gasteiger partial charge in [-0.05, 0) is 43.9 Å². The lowest BCUT2D eigenvalue weighted by atomic mass is 10.1. The number of ether oxygens (including phenoxy) is 1. The van der Waals surface area contributed by atoms with Crippen molar-refractivity contribution >= 4 is 28.8 Å². The number of amides is 3. The Morgan fingerprint density at radius 2 is 1.88 bits per heavy atom. The molecule has 2 heterocycles. The normalized spacial score (nSPS) is 14.8. The van der Waals surface area contributed by atoms with Crippen LogP contribution in [-0.2, 0) is 22.5 Å². The van der Waals surface area contributed by atoms with E-state index in [1.807, 2.05) is 13.8 Å². The van der Waals surface area contributed by atoms with E-state index in [1.54, 1.807) is 10.6 Å². The molecule has 9 nitrogen and oxygen atoms in total. The van der Waals surface area contributed by atoms with Crippen LogP contribution in [0.2, 0.25) is 0 Å². The van der Waals surface area contributed by atoms with E-state index in [0.717, 1.165) is 37.9 Å². The number of benzene rings is 1. The maximum absolute atomic E-state index is 12.9. The van der Waals surface area contributed by atoms with Gasteiger partial charge in [0, 0.05) is 19.5 Å². The van der Waals surface area contributed by atoms with Crippen molar-refractivity contribution in [2.45, 2.75) is 65.5 Å². The fourth-order valence-corrected chi connectivity index (χ4v) is 3.56. The van der Waals surface area contributed by atoms with Crippen LogP contribution >= 0.6 is 0 Å². The molecule has 32 heavy (non-hydrogen) atoms. The first-order valence-electron chi connectivity index (χ1n) is 11.1. The maximum Gasteiger partial charge on any atom is 0.338 e. The van der Waals surface area contributed by atoms with Crippen LogP contribution in [-0.4, -0.2) is 40.1 Å². The number of nitrogens with zero attached hydrogens (tertiary/aromatic N) is 2. The van der Waals surface area contributed by atoms with Crippen molar-refractivity contribution in [1.82, 2.24) is 20.2 Å². The molecule has 0 fully saturated rings. The second-order valence-electron chi connectivity index (χ2n) is 8.52. The van der Waals surface area contributed by atoms with Gasteiger partial charge in [-0.1, -0.05) is 26.7 Å². The van der Waals surface area contributed by atoms with Crippen LogP contribution in [0.25, 0.3) is 10.9 Å². The van der Waals surface area contributed by atoms with Gasteiger partial charge in [-0.25, -0.2) is 14.6 Å². The SMILES string of the molecule is CC(C)CNC(=O)NC(=O)[C@H](C)OC(=O)c1ccc2c(=O)n3c(nc2c1)CCCCCC3. The van der Waals surface area contributed by atoms with E-state index < -0.39 is 24.0 Å². The smallest absolute Gasteiger partial charge is 0.338 e. The van der Waals surface area contributed by atoms with Crippen molar-refractivity contribution in [2.75, 3.05) is 6.54 Å². The lowest BCUT2D eigenvalue weighted by molar-refractivity contribution is -0.127. The van der Waals surface area contributed by atoms with E-state index in [-0.39, 0.29) is 17.0 Å². The van der Waals surface area contributed by atoms with Crippen molar-refractivity contribution in [2.24, 2.45) is 5.92 Å². The molecule has 1 aromatic heterocycles. The number of nitrogens with one attached hydrogen (secondary N) is 2. The van der Waals surface area contributed by atoms with Crippen LogP contribution in [0, 0.1) is 5.92 Å². The first-order valence-corrected chi connectivity index (χ1v) is 11.1. The number of imide groups is 1. The minimum absolute atomic E-state index is 0.105. The Morgan fingerprint density at radius 1 is 1.12 bits per heavy atom. The summed E-state index contributed by atoms with van der Waals surface area (Å²) >= 11 is 0. The molecule has 0 saturated heterocycles. The molecule has 0 saturated carbocycles. The highest BCUT2D eigenvalue weighted by molar-refractivity contribution is 5.99. The molecule has 2 N–H and O–H groups in total. The number of carbonyl (C=O) groups is 3. The first-order chi connectivity index (χ1) is 15.3. The van der Waals surface area contributed by atoms with Gasteiger partial charge in [-0.15, -0.1) is 0 Å². The maximum atomic E-state index is 12.9. The van der Waals surface area contributed by atoms with Crippen molar-refractivity contribution < 1.29 is 19.1 Å². The van der Waals surface area contributed by atoms with E-state index in [1.165, 1.54) is 19.1 Å². The number of esters is 1. The third-order valence-corrected chi connectivity index (χ3v) is 5.36. The number of urea groups is 1. The monoisotopic (exact) mass is 442 g/mol. The number of aromatic nitrogens is 2. The molecule has 1 aliphatic rings. The zero-order chi connectivity index (χ0) is 23.3. The fourth-order valence-electron chi connectivity index (χ4n) is 3.56. The average Bonchev–Trinajstić information content (AvgIpc) is 2.73. The number of rotatable bonds is 5. The number of hydrogen-bond donors (Lipinski definition) is 2. The van der Waals surface area contributed by atoms with E-state index in [0.29, 0.717) is 24.0 Å². The highest BCUT2D eigenvalue weighted by Gasteiger charge is 2.22. The predicted molar refractivity (Wildman–Crippen MR) is 119 cm³/mol. The molecule has 3 rings (SSSR count). The van der Waals surface area contributed by atoms with E-state index in [4.69, 9.17) is 4.74 Å². The van der Waals surface area contributed by atoms with Crippen molar-refractivity contribution in [3.8, 4) is 0 Å². The van der Waals surface area contributed by atoms with Gasteiger partial charge in [-0.3, -0.25) is 19.5 Å². The Balaban J connectivity index is 1.72. The summed E-state index contributed by atoms with van der Waals surface area (Å²) in [4.78, 5) is 54.0. The number of carbonyl (C=O) groups excluding carboxylic acids is 3. The molecule has 3 amide bonds. The topological polar surface area (TPSA) is 119 Å². The molecule has 0 radical (unpaired) electrons. The van der Waals surface area contributed by atoms with Gasteiger partial charge in [0.2, 0.25) is 0 Å². The highest BCUT2D eigenvalue weighted by Crippen LogP contribution is 2.17. The molecule has 1 atom stereocenters. The van der Waals surface area contributed by atoms with Crippen LogP contribution in [0.15, 0.2) is 23.0 Å². The van der Waals surface area contributed by atoms with Crippen LogP contribution in [0.3, 0.4) is 0 Å². The summed E-state index contributed by atoms with van der Waals surface area (Å²) < 4.78 is 6.94. The third kappa shape index (κ3) is 5.72. The summed E-state index contributed by atoms with van der Waals surface area (Å²) in [6.45, 7) is 6.31. The summed E-state index contributed by atoms with van der Waals surface area (Å²) in [5, 5.41) is 5.15. The predicted octanol–water partition coefficient (Wildman–Crippen LogP) is 2.54. The molecule has 0 bridgehead atoms. The van der Waals surface area contributed by atoms with E-state index in [2.05, 4.69) is 15.6 Å². The number of fused-ring (bicyclic) bond motifs is 2. The van der Waals surface area contributed by atoms with Gasteiger partial charge in [0.15, 0.2) is 6.10 Å². The minimum Gasteiger partial charge on any atom is -0.449 e. The van der Waals surface area contributed by atoms with Gasteiger partial charge in [0.1, 0.15) is 5.82 Å². The molecule has 1 aromatic carbocycles. The fraction of sp³-hybridized carbons (Fsp3) is 0.522. The second-order valence-corrected chi connectivity index (χ2v) is 8.52. The van der Waals surface area contributed by atoms with Gasteiger partial charge in [-0.2, -0.15) is 0 Å². The quantitative estimate of drug-likeness (QED) is 0.687. The van der Waals surface area contributed by atoms with Crippen LogP contribution < -0.4 is 16.2 Å². The van der Waals surface area contributed by atoms with Crippen molar-refractivity contribution in [3.05, 3.63) is 39.9 Å². The molecule has 0 spiro atoms. The van der Waals surface area contributed by atoms with Crippen molar-refractivity contribution in [1.29, 1.82) is 0 Å². The summed E-state index contributed by atoms with van der Waals surface area (Å²) in [6, 6.07) is 3.93. The molecule has 0 unspecified atom stereocenters. The molecule has 1 aliphatic heterocycles. The number of hydrogen-bond acceptors (Lipinski definition) is 6. The number of aryl methyl sites for hydroxylation is 1. The lowest BCUT2D eigenvalue weighted by Gasteiger charge is -2.17. The molecule has 2 aromatic rings. The Kier molecular flexibility index (Phi) is 7.61. The van der Waals surface area contributed by atoms with Crippen LogP contribution in [0.4, 0.5) is 4.79 Å². The largest absolute Gasteiger partial charge is 0.449 e. The standard InChI is InChI=1S/C23H30N4O5/c1-14(2)13-24-23(31)26-20(28)15(3)32-22(30)16-9-10-17-18(12-16)25-19-8-6-4-5-7-11-27(19)21(17)29/h9-10,12,14-15H,4-8,11,13H2,1-3H3,(H2,24,26,28,31)/t15-/m0/s1. The van der Waals surface area contributed by atoms with E-state index >= 15 is 0 Å². The summed E-state index contributed by atoms with van der Waals surface area (Å²) in [5.41, 5.74) is 0.512. The molecule has 172 valence electrons. The molecule has 0 aliphatic carbocycles. The highest BCUT2D eigenvalue weighted by atomic mass is 16.5. The van der Waals surface area contributed by atoms with Gasteiger partial charge >= 0.3 is 12.0 Å². The zero-order valence-corrected chi connectivity index (χ0v) is 18.8. The summed E-state index contributed by atoms with van der Waals surface area (Å²) in [6.07, 6.45) is 3.67. The van der Waals surface area contributed by atoms with Gasteiger partial charge in [0.05, 0.1) is 16.5 Å². The van der Waals surface area contributed by atoms with Gasteiger partial charge in [0.25, 0.3) is 11.5 Å². The van der Waals surface area contributed by atoms with Crippen LogP contribution in [0.1, 0.15) is 62.6 Å². The average molecular weight is 443 g/mol. The lowest BCUT2D eigenvalue weighted by Crippen LogP contribution is -2.45. The Bertz CT molecular complexity index is 1080. The third-order valence-electron chi connectivity index (χ3n) is 5.36. The Morgan fingerprint density at radius 3 is 2.62 bits per heavy atom. The summed E-state index contributed by atoms with van der Waals surface area (Å²) in [5.74, 6) is -0.489. The molecular weight excluding hydrogens is 412 g/mol. The van der Waals surface area contributed by atoms with E-state index in [9.17, 15) is 19.2 Å². The Hall–Kier alpha value is -3.23.